The van der Waals surface area contributed by atoms with Gasteiger partial charge in [-0.2, -0.15) is 9.29 Å². The summed E-state index contributed by atoms with van der Waals surface area (Å²) in [7, 11) is -7.55. The van der Waals surface area contributed by atoms with Crippen molar-refractivity contribution in [2.45, 2.75) is 49.3 Å². The summed E-state index contributed by atoms with van der Waals surface area (Å²) in [6.07, 6.45) is 1.19. The van der Waals surface area contributed by atoms with Gasteiger partial charge < -0.3 is 14.3 Å². The van der Waals surface area contributed by atoms with Crippen molar-refractivity contribution in [2.75, 3.05) is 50.7 Å². The molecule has 1 aromatic carbocycles. The van der Waals surface area contributed by atoms with Crippen LogP contribution in [0.4, 0.5) is 6.01 Å². The number of aromatic nitrogens is 2. The zero-order valence-corrected chi connectivity index (χ0v) is 23.0. The van der Waals surface area contributed by atoms with E-state index in [1.54, 1.807) is 11.8 Å². The maximum absolute atomic E-state index is 13.3. The lowest BCUT2D eigenvalue weighted by Gasteiger charge is -2.38. The summed E-state index contributed by atoms with van der Waals surface area (Å²) < 4.78 is 59.9. The number of nitrogens with zero attached hydrogens (tertiary/aromatic N) is 5. The van der Waals surface area contributed by atoms with Gasteiger partial charge in [-0.3, -0.25) is 4.79 Å². The Morgan fingerprint density at radius 3 is 2.30 bits per heavy atom. The van der Waals surface area contributed by atoms with Crippen LogP contribution in [0.15, 0.2) is 38.6 Å². The van der Waals surface area contributed by atoms with Crippen molar-refractivity contribution >= 4 is 32.0 Å². The Balaban J connectivity index is 1.38. The van der Waals surface area contributed by atoms with E-state index in [2.05, 4.69) is 14.9 Å². The number of sulfonamides is 2. The first-order valence-electron chi connectivity index (χ1n) is 12.5. The first-order chi connectivity index (χ1) is 17.5. The molecule has 0 bridgehead atoms. The normalized spacial score (nSPS) is 19.9. The fourth-order valence-corrected chi connectivity index (χ4v) is 7.11. The Kier molecular flexibility index (Phi) is 8.21. The molecule has 14 heteroatoms. The molecule has 1 aromatic heterocycles. The van der Waals surface area contributed by atoms with Crippen molar-refractivity contribution in [3.8, 4) is 0 Å². The summed E-state index contributed by atoms with van der Waals surface area (Å²) in [4.78, 5) is 21.4. The molecule has 4 rings (SSSR count). The number of rotatable bonds is 8. The van der Waals surface area contributed by atoms with E-state index >= 15 is 0 Å². The molecule has 2 fully saturated rings. The van der Waals surface area contributed by atoms with Crippen molar-refractivity contribution in [1.82, 2.24) is 24.1 Å². The van der Waals surface area contributed by atoms with Gasteiger partial charge in [0.05, 0.1) is 15.7 Å². The molecule has 37 heavy (non-hydrogen) atoms. The van der Waals surface area contributed by atoms with Crippen molar-refractivity contribution < 1.29 is 26.2 Å². The third kappa shape index (κ3) is 5.97. The molecule has 0 radical (unpaired) electrons. The van der Waals surface area contributed by atoms with E-state index in [0.717, 1.165) is 0 Å². The first kappa shape index (κ1) is 27.5. The van der Waals surface area contributed by atoms with Gasteiger partial charge in [-0.25, -0.2) is 21.6 Å². The molecule has 1 atom stereocenters. The van der Waals surface area contributed by atoms with E-state index < -0.39 is 26.0 Å². The Morgan fingerprint density at radius 1 is 1.05 bits per heavy atom. The smallest absolute Gasteiger partial charge is 0.324 e. The minimum atomic E-state index is -3.87. The van der Waals surface area contributed by atoms with Gasteiger partial charge in [-0.15, -0.1) is 0 Å². The molecule has 2 aliphatic rings. The third-order valence-electron chi connectivity index (χ3n) is 6.65. The second-order valence-electron chi connectivity index (χ2n) is 9.58. The highest BCUT2D eigenvalue weighted by Gasteiger charge is 2.36. The summed E-state index contributed by atoms with van der Waals surface area (Å²) in [5.41, 5.74) is 0. The fraction of sp³-hybridized carbons (Fsp3) is 0.609. The highest BCUT2D eigenvalue weighted by atomic mass is 32.2. The Bertz CT molecular complexity index is 1300. The SMILES string of the molecule is CCNS(=O)(=O)c1ccc(S(=O)(=O)N2CCC[C@@H](C(=O)N3CCN(c4nc(C(C)C)no4)CC3)C2)cc1. The maximum atomic E-state index is 13.3. The number of benzene rings is 1. The molecule has 0 aliphatic carbocycles. The average Bonchev–Trinajstić information content (AvgIpc) is 3.39. The van der Waals surface area contributed by atoms with Crippen LogP contribution in [0.2, 0.25) is 0 Å². The average molecular weight is 555 g/mol. The predicted octanol–water partition coefficient (Wildman–Crippen LogP) is 1.24. The summed E-state index contributed by atoms with van der Waals surface area (Å²) in [6, 6.07) is 5.61. The van der Waals surface area contributed by atoms with Crippen LogP contribution in [0.3, 0.4) is 0 Å². The number of anilines is 1. The molecule has 204 valence electrons. The number of carbonyl (C=O) groups is 1. The third-order valence-corrected chi connectivity index (χ3v) is 10.1. The van der Waals surface area contributed by atoms with E-state index in [-0.39, 0.29) is 34.7 Å². The minimum Gasteiger partial charge on any atom is -0.339 e. The molecule has 0 unspecified atom stereocenters. The molecule has 12 nitrogen and oxygen atoms in total. The number of piperidine rings is 1. The molecule has 0 spiro atoms. The lowest BCUT2D eigenvalue weighted by molar-refractivity contribution is -0.137. The van der Waals surface area contributed by atoms with Gasteiger partial charge in [0, 0.05) is 51.7 Å². The van der Waals surface area contributed by atoms with Crippen LogP contribution in [0.1, 0.15) is 45.4 Å². The van der Waals surface area contributed by atoms with Crippen LogP contribution < -0.4 is 9.62 Å². The van der Waals surface area contributed by atoms with Crippen LogP contribution in [-0.4, -0.2) is 87.9 Å². The molecular weight excluding hydrogens is 520 g/mol. The van der Waals surface area contributed by atoms with Crippen LogP contribution in [0, 0.1) is 5.92 Å². The van der Waals surface area contributed by atoms with Gasteiger partial charge in [-0.05, 0) is 37.1 Å². The summed E-state index contributed by atoms with van der Waals surface area (Å²) >= 11 is 0. The van der Waals surface area contributed by atoms with Gasteiger partial charge in [0.15, 0.2) is 5.82 Å². The molecule has 1 amide bonds. The second kappa shape index (κ2) is 11.1. The summed E-state index contributed by atoms with van der Waals surface area (Å²) in [5.74, 6) is 0.320. The zero-order chi connectivity index (χ0) is 26.8. The lowest BCUT2D eigenvalue weighted by Crippen LogP contribution is -2.53. The van der Waals surface area contributed by atoms with Crippen LogP contribution in [0.25, 0.3) is 0 Å². The minimum absolute atomic E-state index is 0.0000927. The largest absolute Gasteiger partial charge is 0.339 e. The number of hydrogen-bond acceptors (Lipinski definition) is 9. The van der Waals surface area contributed by atoms with Gasteiger partial charge in [0.25, 0.3) is 0 Å². The molecule has 3 heterocycles. The number of hydrogen-bond donors (Lipinski definition) is 1. The zero-order valence-electron chi connectivity index (χ0n) is 21.3. The Hall–Kier alpha value is -2.55. The number of carbonyl (C=O) groups excluding carboxylic acids is 1. The number of nitrogens with one attached hydrogen (secondary N) is 1. The summed E-state index contributed by atoms with van der Waals surface area (Å²) in [6.45, 7) is 8.38. The van der Waals surface area contributed by atoms with Gasteiger partial charge in [-0.1, -0.05) is 25.9 Å². The topological polar surface area (TPSA) is 146 Å². The van der Waals surface area contributed by atoms with E-state index in [9.17, 15) is 21.6 Å². The molecular formula is C23H34N6O6S2. The van der Waals surface area contributed by atoms with Crippen LogP contribution >= 0.6 is 0 Å². The number of amides is 1. The van der Waals surface area contributed by atoms with E-state index in [1.165, 1.54) is 28.6 Å². The van der Waals surface area contributed by atoms with Gasteiger partial charge in [0.1, 0.15) is 0 Å². The van der Waals surface area contributed by atoms with Crippen LogP contribution in [0.5, 0.6) is 0 Å². The second-order valence-corrected chi connectivity index (χ2v) is 13.3. The fourth-order valence-electron chi connectivity index (χ4n) is 4.54. The molecule has 0 saturated carbocycles. The lowest BCUT2D eigenvalue weighted by atomic mass is 9.98. The maximum Gasteiger partial charge on any atom is 0.324 e. The highest BCUT2D eigenvalue weighted by molar-refractivity contribution is 7.89. The Labute approximate surface area is 218 Å². The molecule has 2 aliphatic heterocycles. The predicted molar refractivity (Wildman–Crippen MR) is 136 cm³/mol. The van der Waals surface area contributed by atoms with E-state index in [1.807, 2.05) is 18.7 Å². The van der Waals surface area contributed by atoms with Crippen molar-refractivity contribution in [1.29, 1.82) is 0 Å². The first-order valence-corrected chi connectivity index (χ1v) is 15.4. The standard InChI is InChI=1S/C23H34N6O6S2/c1-4-24-36(31,32)19-7-9-20(10-8-19)37(33,34)29-11-5-6-18(16-29)22(30)27-12-14-28(15-13-27)23-25-21(17(2)3)26-35-23/h7-10,17-18,24H,4-6,11-16H2,1-3H3/t18-/m1/s1. The molecule has 1 N–H and O–H groups in total. The van der Waals surface area contributed by atoms with Crippen molar-refractivity contribution in [3.63, 3.8) is 0 Å². The van der Waals surface area contributed by atoms with Crippen LogP contribution in [-0.2, 0) is 24.8 Å². The van der Waals surface area contributed by atoms with Crippen molar-refractivity contribution in [3.05, 3.63) is 30.1 Å². The Morgan fingerprint density at radius 2 is 1.70 bits per heavy atom. The van der Waals surface area contributed by atoms with E-state index in [4.69, 9.17) is 4.52 Å². The van der Waals surface area contributed by atoms with E-state index in [0.29, 0.717) is 57.4 Å². The van der Waals surface area contributed by atoms with Crippen molar-refractivity contribution in [2.24, 2.45) is 5.92 Å². The summed E-state index contributed by atoms with van der Waals surface area (Å²) in [5, 5.41) is 4.00. The monoisotopic (exact) mass is 554 g/mol. The van der Waals surface area contributed by atoms with Gasteiger partial charge >= 0.3 is 6.01 Å². The van der Waals surface area contributed by atoms with Gasteiger partial charge in [0.2, 0.25) is 26.0 Å². The molecule has 2 saturated heterocycles. The quantitative estimate of drug-likeness (QED) is 0.509. The number of piperazine rings is 1. The highest BCUT2D eigenvalue weighted by Crippen LogP contribution is 2.27. The molecule has 2 aromatic rings.